The SMILES string of the molecule is O=C([C@H]1COc2ccccc2O1)N1CCN(c2ccc(S(=O)(=O)N3CCOCC3)cc2[N+](=O)[O-])CC1. The van der Waals surface area contributed by atoms with Crippen molar-refractivity contribution in [3.8, 4) is 11.5 Å². The predicted molar refractivity (Wildman–Crippen MR) is 128 cm³/mol. The molecule has 5 rings (SSSR count). The Morgan fingerprint density at radius 1 is 0.972 bits per heavy atom. The van der Waals surface area contributed by atoms with Crippen molar-refractivity contribution >= 4 is 27.3 Å². The van der Waals surface area contributed by atoms with E-state index in [0.717, 1.165) is 6.07 Å². The second-order valence-corrected chi connectivity index (χ2v) is 10.5. The van der Waals surface area contributed by atoms with Crippen LogP contribution in [0.2, 0.25) is 0 Å². The summed E-state index contributed by atoms with van der Waals surface area (Å²) in [6.45, 7) is 2.47. The van der Waals surface area contributed by atoms with Gasteiger partial charge in [-0.1, -0.05) is 12.1 Å². The highest BCUT2D eigenvalue weighted by Crippen LogP contribution is 2.34. The third-order valence-electron chi connectivity index (χ3n) is 6.47. The molecule has 3 aliphatic rings. The zero-order valence-electron chi connectivity index (χ0n) is 19.4. The van der Waals surface area contributed by atoms with Crippen LogP contribution in [0.15, 0.2) is 47.4 Å². The van der Waals surface area contributed by atoms with Gasteiger partial charge >= 0.3 is 0 Å². The van der Waals surface area contributed by atoms with Gasteiger partial charge in [0.15, 0.2) is 11.5 Å². The number of fused-ring (bicyclic) bond motifs is 1. The first-order valence-corrected chi connectivity index (χ1v) is 13.1. The molecular weight excluding hydrogens is 492 g/mol. The van der Waals surface area contributed by atoms with Gasteiger partial charge in [0.25, 0.3) is 11.6 Å². The van der Waals surface area contributed by atoms with E-state index in [1.807, 2.05) is 6.07 Å². The summed E-state index contributed by atoms with van der Waals surface area (Å²) in [5.41, 5.74) is 0.0314. The lowest BCUT2D eigenvalue weighted by atomic mass is 10.2. The third-order valence-corrected chi connectivity index (χ3v) is 8.36. The fourth-order valence-corrected chi connectivity index (χ4v) is 5.95. The summed E-state index contributed by atoms with van der Waals surface area (Å²) >= 11 is 0. The van der Waals surface area contributed by atoms with E-state index in [9.17, 15) is 23.3 Å². The Morgan fingerprint density at radius 2 is 1.67 bits per heavy atom. The largest absolute Gasteiger partial charge is 0.485 e. The number of nitro groups is 1. The average molecular weight is 519 g/mol. The molecule has 0 spiro atoms. The molecule has 0 aliphatic carbocycles. The van der Waals surface area contributed by atoms with E-state index >= 15 is 0 Å². The molecule has 192 valence electrons. The minimum absolute atomic E-state index is 0.112. The Morgan fingerprint density at radius 3 is 2.36 bits per heavy atom. The lowest BCUT2D eigenvalue weighted by Gasteiger charge is -2.38. The van der Waals surface area contributed by atoms with Gasteiger partial charge in [0.2, 0.25) is 16.1 Å². The molecule has 12 nitrogen and oxygen atoms in total. The van der Waals surface area contributed by atoms with E-state index in [4.69, 9.17) is 14.2 Å². The molecule has 0 aromatic heterocycles. The van der Waals surface area contributed by atoms with Crippen molar-refractivity contribution in [3.63, 3.8) is 0 Å². The Kier molecular flexibility index (Phi) is 6.69. The lowest BCUT2D eigenvalue weighted by Crippen LogP contribution is -2.54. The Bertz CT molecular complexity index is 1260. The maximum absolute atomic E-state index is 13.0. The van der Waals surface area contributed by atoms with Crippen molar-refractivity contribution in [1.82, 2.24) is 9.21 Å². The van der Waals surface area contributed by atoms with Crippen LogP contribution in [-0.4, -0.2) is 93.6 Å². The molecule has 36 heavy (non-hydrogen) atoms. The lowest BCUT2D eigenvalue weighted by molar-refractivity contribution is -0.384. The van der Waals surface area contributed by atoms with Crippen LogP contribution in [0.3, 0.4) is 0 Å². The van der Waals surface area contributed by atoms with Crippen LogP contribution in [-0.2, 0) is 19.6 Å². The van der Waals surface area contributed by atoms with Crippen molar-refractivity contribution in [1.29, 1.82) is 0 Å². The number of morpholine rings is 1. The predicted octanol–water partition coefficient (Wildman–Crippen LogP) is 1.10. The Balaban J connectivity index is 1.27. The fraction of sp³-hybridized carbons (Fsp3) is 0.435. The standard InChI is InChI=1S/C23H26N4O8S/c28-23(22-16-34-20-3-1-2-4-21(20)35-22)25-9-7-24(8-10-25)18-6-5-17(15-19(18)27(29)30)36(31,32)26-11-13-33-14-12-26/h1-6,15,22H,7-14,16H2/t22-/m1/s1. The minimum Gasteiger partial charge on any atom is -0.485 e. The molecule has 1 amide bonds. The van der Waals surface area contributed by atoms with Crippen LogP contribution in [0.5, 0.6) is 11.5 Å². The van der Waals surface area contributed by atoms with Gasteiger partial charge in [0.05, 0.1) is 23.0 Å². The van der Waals surface area contributed by atoms with Crippen molar-refractivity contribution in [2.45, 2.75) is 11.0 Å². The number of piperazine rings is 1. The number of anilines is 1. The highest BCUT2D eigenvalue weighted by atomic mass is 32.2. The van der Waals surface area contributed by atoms with Crippen molar-refractivity contribution < 1.29 is 32.3 Å². The molecule has 2 aromatic carbocycles. The topological polar surface area (TPSA) is 132 Å². The number of ether oxygens (including phenoxy) is 3. The number of hydrogen-bond acceptors (Lipinski definition) is 9. The summed E-state index contributed by atoms with van der Waals surface area (Å²) in [6, 6.07) is 11.1. The number of nitrogens with zero attached hydrogens (tertiary/aromatic N) is 4. The van der Waals surface area contributed by atoms with Gasteiger partial charge < -0.3 is 24.0 Å². The monoisotopic (exact) mass is 518 g/mol. The summed E-state index contributed by atoms with van der Waals surface area (Å²) in [6.07, 6.45) is -0.759. The first-order chi connectivity index (χ1) is 17.3. The van der Waals surface area contributed by atoms with Crippen LogP contribution in [0.4, 0.5) is 11.4 Å². The molecule has 0 saturated carbocycles. The first kappa shape index (κ1) is 24.3. The zero-order chi connectivity index (χ0) is 25.3. The number of carbonyl (C=O) groups is 1. The number of carbonyl (C=O) groups excluding carboxylic acids is 1. The second kappa shape index (κ2) is 9.91. The molecule has 3 aliphatic heterocycles. The molecular formula is C23H26N4O8S. The Labute approximate surface area is 208 Å². The number of sulfonamides is 1. The second-order valence-electron chi connectivity index (χ2n) is 8.60. The van der Waals surface area contributed by atoms with Crippen LogP contribution in [0, 0.1) is 10.1 Å². The molecule has 0 N–H and O–H groups in total. The quantitative estimate of drug-likeness (QED) is 0.422. The number of para-hydroxylation sites is 2. The summed E-state index contributed by atoms with van der Waals surface area (Å²) in [5, 5.41) is 11.9. The van der Waals surface area contributed by atoms with Crippen molar-refractivity contribution in [3.05, 3.63) is 52.6 Å². The molecule has 0 unspecified atom stereocenters. The van der Waals surface area contributed by atoms with Gasteiger partial charge in [0.1, 0.15) is 12.3 Å². The summed E-state index contributed by atoms with van der Waals surface area (Å²) < 4.78 is 43.9. The van der Waals surface area contributed by atoms with E-state index in [2.05, 4.69) is 0 Å². The maximum Gasteiger partial charge on any atom is 0.293 e. The van der Waals surface area contributed by atoms with Crippen LogP contribution in [0.25, 0.3) is 0 Å². The molecule has 2 fully saturated rings. The molecule has 13 heteroatoms. The molecule has 0 radical (unpaired) electrons. The minimum atomic E-state index is -3.87. The normalized spacial score (nSPS) is 20.7. The number of benzene rings is 2. The zero-order valence-corrected chi connectivity index (χ0v) is 20.3. The highest BCUT2D eigenvalue weighted by Gasteiger charge is 2.34. The summed E-state index contributed by atoms with van der Waals surface area (Å²) in [7, 11) is -3.87. The van der Waals surface area contributed by atoms with Gasteiger partial charge in [-0.25, -0.2) is 8.42 Å². The van der Waals surface area contributed by atoms with Crippen molar-refractivity contribution in [2.75, 3.05) is 64.0 Å². The number of nitro benzene ring substituents is 1. The number of amides is 1. The van der Waals surface area contributed by atoms with Gasteiger partial charge in [-0.15, -0.1) is 0 Å². The van der Waals surface area contributed by atoms with Gasteiger partial charge in [-0.05, 0) is 24.3 Å². The van der Waals surface area contributed by atoms with E-state index in [0.29, 0.717) is 43.4 Å². The van der Waals surface area contributed by atoms with E-state index in [-0.39, 0.29) is 49.4 Å². The van der Waals surface area contributed by atoms with Crippen LogP contribution in [0.1, 0.15) is 0 Å². The van der Waals surface area contributed by atoms with Gasteiger partial charge in [-0.2, -0.15) is 4.31 Å². The first-order valence-electron chi connectivity index (χ1n) is 11.6. The molecule has 3 heterocycles. The van der Waals surface area contributed by atoms with E-state index < -0.39 is 21.1 Å². The number of hydrogen-bond donors (Lipinski definition) is 0. The fourth-order valence-electron chi connectivity index (χ4n) is 4.53. The maximum atomic E-state index is 13.0. The van der Waals surface area contributed by atoms with E-state index in [1.165, 1.54) is 16.4 Å². The smallest absolute Gasteiger partial charge is 0.293 e. The molecule has 2 saturated heterocycles. The third kappa shape index (κ3) is 4.68. The summed E-state index contributed by atoms with van der Waals surface area (Å²) in [5.74, 6) is 0.909. The number of rotatable bonds is 5. The Hall–Kier alpha value is -3.42. The molecule has 0 bridgehead atoms. The molecule has 1 atom stereocenters. The van der Waals surface area contributed by atoms with Gasteiger partial charge in [-0.3, -0.25) is 14.9 Å². The van der Waals surface area contributed by atoms with Crippen LogP contribution >= 0.6 is 0 Å². The van der Waals surface area contributed by atoms with Crippen molar-refractivity contribution in [2.24, 2.45) is 0 Å². The van der Waals surface area contributed by atoms with Gasteiger partial charge in [0, 0.05) is 45.3 Å². The highest BCUT2D eigenvalue weighted by molar-refractivity contribution is 7.89. The van der Waals surface area contributed by atoms with Crippen LogP contribution < -0.4 is 14.4 Å². The average Bonchev–Trinajstić information content (AvgIpc) is 2.92. The van der Waals surface area contributed by atoms with E-state index in [1.54, 1.807) is 28.0 Å². The molecule has 2 aromatic rings. The summed E-state index contributed by atoms with van der Waals surface area (Å²) in [4.78, 5) is 27.6.